The first-order valence-corrected chi connectivity index (χ1v) is 10.7. The summed E-state index contributed by atoms with van der Waals surface area (Å²) < 4.78 is 16.8. The molecule has 0 fully saturated rings. The average molecular weight is 341 g/mol. The number of nitrogens with zero attached hydrogens (tertiary/aromatic N) is 1. The first-order valence-electron chi connectivity index (χ1n) is 7.90. The summed E-state index contributed by atoms with van der Waals surface area (Å²) in [6, 6.07) is 7.93. The molecule has 0 radical (unpaired) electrons. The van der Waals surface area contributed by atoms with Crippen LogP contribution in [-0.4, -0.2) is 50.7 Å². The number of carbonyl (C=O) groups is 1. The van der Waals surface area contributed by atoms with Crippen LogP contribution in [-0.2, 0) is 20.6 Å². The van der Waals surface area contributed by atoms with Crippen molar-refractivity contribution in [2.45, 2.75) is 26.2 Å². The third-order valence-corrected chi connectivity index (χ3v) is 4.82. The molecule has 5 nitrogen and oxygen atoms in total. The summed E-state index contributed by atoms with van der Waals surface area (Å²) in [5, 5.41) is 1.38. The van der Waals surface area contributed by atoms with Gasteiger partial charge in [0.2, 0.25) is 5.91 Å². The largest absolute Gasteiger partial charge is 0.497 e. The van der Waals surface area contributed by atoms with Crippen LogP contribution in [0.2, 0.25) is 0 Å². The molecule has 0 saturated carbocycles. The molecule has 0 bridgehead atoms. The second-order valence-corrected chi connectivity index (χ2v) is 9.65. The van der Waals surface area contributed by atoms with Crippen molar-refractivity contribution >= 4 is 13.0 Å². The molecule has 1 aromatic carbocycles. The fourth-order valence-corrected chi connectivity index (χ4v) is 3.05. The normalized spacial score (nSPS) is 11.3. The zero-order chi connectivity index (χ0) is 17.3. The Balaban J connectivity index is 2.29. The quantitative estimate of drug-likeness (QED) is 0.372. The highest BCUT2D eigenvalue weighted by atomic mass is 31.2. The molecule has 23 heavy (non-hydrogen) atoms. The monoisotopic (exact) mass is 341 g/mol. The Morgan fingerprint density at radius 1 is 1.17 bits per heavy atom. The van der Waals surface area contributed by atoms with Crippen LogP contribution in [0.1, 0.15) is 25.3 Å². The molecule has 0 aliphatic carbocycles. The van der Waals surface area contributed by atoms with Gasteiger partial charge in [0, 0.05) is 19.6 Å². The molecule has 0 aliphatic rings. The third-order valence-electron chi connectivity index (χ3n) is 3.43. The highest BCUT2D eigenvalue weighted by Gasteiger charge is 2.12. The van der Waals surface area contributed by atoms with E-state index in [2.05, 4.69) is 0 Å². The number of hydroxylamine groups is 2. The van der Waals surface area contributed by atoms with Crippen LogP contribution in [0.15, 0.2) is 24.3 Å². The van der Waals surface area contributed by atoms with Crippen LogP contribution in [0.4, 0.5) is 0 Å². The van der Waals surface area contributed by atoms with Gasteiger partial charge in [-0.15, -0.1) is 0 Å². The fourth-order valence-electron chi connectivity index (χ4n) is 2.15. The maximum Gasteiger partial charge on any atom is 0.242 e. The number of benzene rings is 1. The van der Waals surface area contributed by atoms with Crippen LogP contribution in [0.5, 0.6) is 5.75 Å². The van der Waals surface area contributed by atoms with Gasteiger partial charge in [-0.05, 0) is 50.3 Å². The van der Waals surface area contributed by atoms with Crippen molar-refractivity contribution in [2.24, 2.45) is 0 Å². The lowest BCUT2D eigenvalue weighted by Crippen LogP contribution is -2.31. The van der Waals surface area contributed by atoms with Crippen LogP contribution in [0.3, 0.4) is 0 Å². The van der Waals surface area contributed by atoms with Crippen molar-refractivity contribution in [3.63, 3.8) is 0 Å². The van der Waals surface area contributed by atoms with E-state index in [4.69, 9.17) is 9.57 Å². The maximum atomic E-state index is 11.7. The van der Waals surface area contributed by atoms with Gasteiger partial charge in [-0.1, -0.05) is 12.1 Å². The summed E-state index contributed by atoms with van der Waals surface area (Å²) in [5.41, 5.74) is 1.21. The molecule has 0 heterocycles. The number of aryl methyl sites for hydroxylation is 1. The molecule has 0 saturated heterocycles. The molecular formula is C17H28NO4P. The van der Waals surface area contributed by atoms with Crippen molar-refractivity contribution in [3.8, 4) is 5.75 Å². The predicted octanol–water partition coefficient (Wildman–Crippen LogP) is 3.42. The number of hydrogen-bond donors (Lipinski definition) is 0. The fraction of sp³-hybridized carbons (Fsp3) is 0.588. The van der Waals surface area contributed by atoms with Crippen molar-refractivity contribution in [2.75, 3.05) is 39.8 Å². The number of hydrogen-bond acceptors (Lipinski definition) is 4. The SMILES string of the molecule is COc1ccc(CCCON(CCCP(C)(C)=O)C(C)=O)cc1. The van der Waals surface area contributed by atoms with E-state index < -0.39 is 7.14 Å². The standard InChI is InChI=1S/C17H28NO4P/c1-15(19)18(12-6-14-23(3,4)20)22-13-5-7-16-8-10-17(21-2)11-9-16/h8-11H,5-7,12-14H2,1-4H3. The molecule has 1 amide bonds. The summed E-state index contributed by atoms with van der Waals surface area (Å²) in [5.74, 6) is 0.730. The van der Waals surface area contributed by atoms with Crippen LogP contribution in [0.25, 0.3) is 0 Å². The van der Waals surface area contributed by atoms with E-state index in [0.717, 1.165) is 18.6 Å². The van der Waals surface area contributed by atoms with Crippen LogP contribution in [0, 0.1) is 0 Å². The Bertz CT molecular complexity index is 524. The van der Waals surface area contributed by atoms with Gasteiger partial charge in [-0.3, -0.25) is 9.63 Å². The molecule has 0 unspecified atom stereocenters. The molecule has 0 spiro atoms. The zero-order valence-corrected chi connectivity index (χ0v) is 15.5. The molecule has 0 N–H and O–H groups in total. The van der Waals surface area contributed by atoms with Gasteiger partial charge < -0.3 is 9.30 Å². The van der Waals surface area contributed by atoms with Gasteiger partial charge in [0.15, 0.2) is 0 Å². The zero-order valence-electron chi connectivity index (χ0n) is 14.6. The summed E-state index contributed by atoms with van der Waals surface area (Å²) in [7, 11) is -0.387. The lowest BCUT2D eigenvalue weighted by atomic mass is 10.1. The van der Waals surface area contributed by atoms with E-state index in [-0.39, 0.29) is 5.91 Å². The number of carbonyl (C=O) groups excluding carboxylic acids is 1. The molecule has 0 atom stereocenters. The Morgan fingerprint density at radius 2 is 1.83 bits per heavy atom. The van der Waals surface area contributed by atoms with Gasteiger partial charge in [0.1, 0.15) is 5.75 Å². The molecule has 130 valence electrons. The Kier molecular flexibility index (Phi) is 8.35. The lowest BCUT2D eigenvalue weighted by Gasteiger charge is -2.20. The molecular weight excluding hydrogens is 313 g/mol. The van der Waals surface area contributed by atoms with Crippen molar-refractivity contribution in [3.05, 3.63) is 29.8 Å². The first-order chi connectivity index (χ1) is 10.8. The summed E-state index contributed by atoms with van der Waals surface area (Å²) in [4.78, 5) is 17.1. The summed E-state index contributed by atoms with van der Waals surface area (Å²) >= 11 is 0. The average Bonchev–Trinajstić information content (AvgIpc) is 2.48. The van der Waals surface area contributed by atoms with Crippen molar-refractivity contribution < 1.29 is 18.9 Å². The number of amides is 1. The number of rotatable bonds is 10. The Morgan fingerprint density at radius 3 is 2.35 bits per heavy atom. The number of ether oxygens (including phenoxy) is 1. The van der Waals surface area contributed by atoms with E-state index >= 15 is 0 Å². The van der Waals surface area contributed by atoms with Crippen LogP contribution >= 0.6 is 7.14 Å². The predicted molar refractivity (Wildman–Crippen MR) is 93.6 cm³/mol. The summed E-state index contributed by atoms with van der Waals surface area (Å²) in [6.07, 6.45) is 3.04. The minimum Gasteiger partial charge on any atom is -0.497 e. The van der Waals surface area contributed by atoms with E-state index in [9.17, 15) is 9.36 Å². The summed E-state index contributed by atoms with van der Waals surface area (Å²) in [6.45, 7) is 5.99. The van der Waals surface area contributed by atoms with E-state index in [1.165, 1.54) is 17.6 Å². The Labute approximate surface area is 139 Å². The van der Waals surface area contributed by atoms with Gasteiger partial charge in [-0.2, -0.15) is 0 Å². The first kappa shape index (κ1) is 19.7. The van der Waals surface area contributed by atoms with Gasteiger partial charge in [0.05, 0.1) is 20.9 Å². The van der Waals surface area contributed by atoms with Gasteiger partial charge in [-0.25, -0.2) is 5.06 Å². The molecule has 0 aliphatic heterocycles. The van der Waals surface area contributed by atoms with E-state index in [1.807, 2.05) is 24.3 Å². The van der Waals surface area contributed by atoms with Gasteiger partial charge >= 0.3 is 0 Å². The molecule has 1 aromatic rings. The van der Waals surface area contributed by atoms with Crippen molar-refractivity contribution in [1.82, 2.24) is 5.06 Å². The van der Waals surface area contributed by atoms with Crippen molar-refractivity contribution in [1.29, 1.82) is 0 Å². The molecule has 0 aromatic heterocycles. The Hall–Kier alpha value is -1.32. The minimum atomic E-state index is -2.03. The maximum absolute atomic E-state index is 11.7. The van der Waals surface area contributed by atoms with E-state index in [0.29, 0.717) is 25.7 Å². The highest BCUT2D eigenvalue weighted by Crippen LogP contribution is 2.36. The highest BCUT2D eigenvalue weighted by molar-refractivity contribution is 7.62. The van der Waals surface area contributed by atoms with Gasteiger partial charge in [0.25, 0.3) is 0 Å². The smallest absolute Gasteiger partial charge is 0.242 e. The second kappa shape index (κ2) is 9.74. The minimum absolute atomic E-state index is 0.114. The second-order valence-electron chi connectivity index (χ2n) is 6.06. The molecule has 1 rings (SSSR count). The topological polar surface area (TPSA) is 55.8 Å². The third kappa shape index (κ3) is 8.77. The van der Waals surface area contributed by atoms with E-state index in [1.54, 1.807) is 20.4 Å². The molecule has 6 heteroatoms. The lowest BCUT2D eigenvalue weighted by molar-refractivity contribution is -0.184. The van der Waals surface area contributed by atoms with Crippen LogP contribution < -0.4 is 4.74 Å². The number of methoxy groups -OCH3 is 1.